The smallest absolute Gasteiger partial charge is 0.383 e. The Balaban J connectivity index is 5.58. The van der Waals surface area contributed by atoms with E-state index < -0.39 is 38.3 Å². The summed E-state index contributed by atoms with van der Waals surface area (Å²) in [5.41, 5.74) is 0. The lowest BCUT2D eigenvalue weighted by molar-refractivity contribution is -0.334. The minimum atomic E-state index is -5.07. The zero-order chi connectivity index (χ0) is 17.4. The molecule has 0 radical (unpaired) electrons. The molecule has 0 aromatic rings. The molecule has 0 aromatic carbocycles. The van der Waals surface area contributed by atoms with E-state index in [1.807, 2.05) is 0 Å². The fourth-order valence-corrected chi connectivity index (χ4v) is 1.23. The molecule has 122 valence electrons. The van der Waals surface area contributed by atoms with Crippen LogP contribution in [0.5, 0.6) is 0 Å². The summed E-state index contributed by atoms with van der Waals surface area (Å²) in [6.07, 6.45) is 1.86. The molecule has 0 rings (SSSR count). The van der Waals surface area contributed by atoms with Gasteiger partial charge in [0, 0.05) is 18.2 Å². The Morgan fingerprint density at radius 1 is 0.909 bits per heavy atom. The van der Waals surface area contributed by atoms with Crippen LogP contribution in [0.2, 0.25) is 0 Å². The van der Waals surface area contributed by atoms with Crippen molar-refractivity contribution in [1.82, 2.24) is 0 Å². The van der Waals surface area contributed by atoms with Gasteiger partial charge in [-0.2, -0.15) is 0 Å². The monoisotopic (exact) mass is 336 g/mol. The summed E-state index contributed by atoms with van der Waals surface area (Å²) in [6.45, 7) is 7.88. The van der Waals surface area contributed by atoms with Crippen LogP contribution in [0.25, 0.3) is 0 Å². The van der Waals surface area contributed by atoms with Crippen molar-refractivity contribution in [3.8, 4) is 0 Å². The zero-order valence-electron chi connectivity index (χ0n) is 11.2. The highest BCUT2D eigenvalue weighted by Crippen LogP contribution is 2.37. The summed E-state index contributed by atoms with van der Waals surface area (Å²) in [5.74, 6) is -6.60. The van der Waals surface area contributed by atoms with Crippen molar-refractivity contribution in [1.29, 1.82) is 0 Å². The molecule has 0 bridgehead atoms. The van der Waals surface area contributed by atoms with Crippen molar-refractivity contribution in [2.75, 3.05) is 6.61 Å². The standard InChI is InChI=1S/C11H13O10P/c1-4-8(12)19-11(20-9(13)5-2,21-10(14)6-3)7-18-22(15,16)17/h4-6H,1-3,7H2,(H2,15,16,17). The lowest BCUT2D eigenvalue weighted by Crippen LogP contribution is -2.47. The lowest BCUT2D eigenvalue weighted by Gasteiger charge is -2.29. The Labute approximate surface area is 124 Å². The second kappa shape index (κ2) is 8.25. The fraction of sp³-hybridized carbons (Fsp3) is 0.182. The quantitative estimate of drug-likeness (QED) is 0.254. The summed E-state index contributed by atoms with van der Waals surface area (Å²) in [5, 5.41) is 0. The molecule has 0 aliphatic rings. The third kappa shape index (κ3) is 7.50. The normalized spacial score (nSPS) is 11.0. The number of hydrogen-bond acceptors (Lipinski definition) is 8. The van der Waals surface area contributed by atoms with Crippen molar-refractivity contribution >= 4 is 25.7 Å². The molecule has 0 aliphatic heterocycles. The van der Waals surface area contributed by atoms with E-state index in [-0.39, 0.29) is 0 Å². The van der Waals surface area contributed by atoms with Gasteiger partial charge >= 0.3 is 31.7 Å². The van der Waals surface area contributed by atoms with E-state index >= 15 is 0 Å². The molecular weight excluding hydrogens is 323 g/mol. The molecule has 11 heteroatoms. The maximum Gasteiger partial charge on any atom is 0.470 e. The molecule has 0 aromatic heterocycles. The highest BCUT2D eigenvalue weighted by atomic mass is 31.2. The van der Waals surface area contributed by atoms with E-state index in [2.05, 4.69) is 38.5 Å². The predicted octanol–water partition coefficient (Wildman–Crippen LogP) is -0.0629. The third-order valence-electron chi connectivity index (χ3n) is 1.68. The van der Waals surface area contributed by atoms with Crippen LogP contribution in [-0.2, 0) is 37.7 Å². The van der Waals surface area contributed by atoms with Crippen LogP contribution < -0.4 is 0 Å². The highest BCUT2D eigenvalue weighted by Gasteiger charge is 2.45. The van der Waals surface area contributed by atoms with E-state index in [0.29, 0.717) is 18.2 Å². The van der Waals surface area contributed by atoms with Crippen LogP contribution in [0.15, 0.2) is 38.0 Å². The number of hydrogen-bond donors (Lipinski definition) is 2. The van der Waals surface area contributed by atoms with Gasteiger partial charge in [0.2, 0.25) is 0 Å². The van der Waals surface area contributed by atoms with Gasteiger partial charge in [-0.05, 0) is 0 Å². The van der Waals surface area contributed by atoms with Crippen molar-refractivity contribution in [3.63, 3.8) is 0 Å². The number of ether oxygens (including phenoxy) is 3. The molecule has 0 atom stereocenters. The van der Waals surface area contributed by atoms with Crippen LogP contribution in [0.1, 0.15) is 0 Å². The molecule has 2 N–H and O–H groups in total. The second-order valence-electron chi connectivity index (χ2n) is 3.32. The van der Waals surface area contributed by atoms with E-state index in [1.54, 1.807) is 0 Å². The maximum absolute atomic E-state index is 11.3. The van der Waals surface area contributed by atoms with Crippen molar-refractivity contribution in [2.45, 2.75) is 5.97 Å². The Bertz CT molecular complexity index is 476. The van der Waals surface area contributed by atoms with Crippen LogP contribution >= 0.6 is 7.82 Å². The van der Waals surface area contributed by atoms with Gasteiger partial charge in [0.1, 0.15) is 0 Å². The number of carbonyl (C=O) groups excluding carboxylic acids is 3. The molecule has 0 amide bonds. The number of carbonyl (C=O) groups is 3. The first-order chi connectivity index (χ1) is 10.1. The Kier molecular flexibility index (Phi) is 7.40. The first kappa shape index (κ1) is 19.7. The summed E-state index contributed by atoms with van der Waals surface area (Å²) >= 11 is 0. The zero-order valence-corrected chi connectivity index (χ0v) is 12.1. The van der Waals surface area contributed by atoms with E-state index in [9.17, 15) is 18.9 Å². The summed E-state index contributed by atoms with van der Waals surface area (Å²) in [7, 11) is -5.07. The van der Waals surface area contributed by atoms with Gasteiger partial charge in [-0.15, -0.1) is 0 Å². The molecule has 10 nitrogen and oxygen atoms in total. The van der Waals surface area contributed by atoms with Crippen molar-refractivity contribution in [3.05, 3.63) is 38.0 Å². The lowest BCUT2D eigenvalue weighted by atomic mass is 10.5. The number of esters is 3. The first-order valence-corrected chi connectivity index (χ1v) is 6.87. The third-order valence-corrected chi connectivity index (χ3v) is 2.14. The Hall–Kier alpha value is -2.26. The molecular formula is C11H13O10P. The highest BCUT2D eigenvalue weighted by molar-refractivity contribution is 7.46. The number of phosphoric ester groups is 1. The second-order valence-corrected chi connectivity index (χ2v) is 4.56. The van der Waals surface area contributed by atoms with Gasteiger partial charge in [-0.25, -0.2) is 18.9 Å². The minimum Gasteiger partial charge on any atom is -0.383 e. The Morgan fingerprint density at radius 3 is 1.45 bits per heavy atom. The van der Waals surface area contributed by atoms with Crippen LogP contribution in [0.3, 0.4) is 0 Å². The van der Waals surface area contributed by atoms with Crippen LogP contribution in [0.4, 0.5) is 0 Å². The van der Waals surface area contributed by atoms with Crippen LogP contribution in [-0.4, -0.2) is 40.3 Å². The maximum atomic E-state index is 11.3. The molecule has 22 heavy (non-hydrogen) atoms. The van der Waals surface area contributed by atoms with Crippen LogP contribution in [0, 0.1) is 0 Å². The largest absolute Gasteiger partial charge is 0.470 e. The van der Waals surface area contributed by atoms with Gasteiger partial charge < -0.3 is 24.0 Å². The van der Waals surface area contributed by atoms with Gasteiger partial charge in [0.05, 0.1) is 0 Å². The first-order valence-electron chi connectivity index (χ1n) is 5.34. The van der Waals surface area contributed by atoms with E-state index in [4.69, 9.17) is 9.79 Å². The van der Waals surface area contributed by atoms with E-state index in [1.165, 1.54) is 0 Å². The van der Waals surface area contributed by atoms with Gasteiger partial charge in [0.15, 0.2) is 6.61 Å². The minimum absolute atomic E-state index is 0.621. The van der Waals surface area contributed by atoms with Gasteiger partial charge in [-0.3, -0.25) is 4.52 Å². The molecule has 0 saturated carbocycles. The van der Waals surface area contributed by atoms with Gasteiger partial charge in [0.25, 0.3) is 0 Å². The van der Waals surface area contributed by atoms with E-state index in [0.717, 1.165) is 0 Å². The molecule has 0 fully saturated rings. The molecule has 0 spiro atoms. The number of phosphoric acid groups is 1. The summed E-state index contributed by atoms with van der Waals surface area (Å²) in [6, 6.07) is 0. The van der Waals surface area contributed by atoms with Crippen molar-refractivity contribution < 1.29 is 47.5 Å². The fourth-order valence-electron chi connectivity index (χ4n) is 0.899. The summed E-state index contributed by atoms with van der Waals surface area (Å²) < 4.78 is 28.4. The average molecular weight is 336 g/mol. The number of rotatable bonds is 9. The summed E-state index contributed by atoms with van der Waals surface area (Å²) in [4.78, 5) is 51.1. The topological polar surface area (TPSA) is 146 Å². The van der Waals surface area contributed by atoms with Gasteiger partial charge in [-0.1, -0.05) is 19.7 Å². The SMILES string of the molecule is C=CC(=O)OC(COP(=O)(O)O)(OC(=O)C=C)OC(=O)C=C. The predicted molar refractivity (Wildman–Crippen MR) is 69.6 cm³/mol. The molecule has 0 heterocycles. The van der Waals surface area contributed by atoms with Crippen molar-refractivity contribution in [2.24, 2.45) is 0 Å². The molecule has 0 aliphatic carbocycles. The molecule has 0 unspecified atom stereocenters. The Morgan fingerprint density at radius 2 is 1.23 bits per heavy atom. The average Bonchev–Trinajstić information content (AvgIpc) is 2.43. The molecule has 0 saturated heterocycles.